The second-order valence-corrected chi connectivity index (χ2v) is 5.36. The first-order chi connectivity index (χ1) is 12.1. The molecule has 25 heavy (non-hydrogen) atoms. The first kappa shape index (κ1) is 20.3. The average molecular weight is 336 g/mol. The number of Topliss-reactive ketones (excluding diaryl/α,β-unsaturated/α-hetero) is 1. The van der Waals surface area contributed by atoms with Gasteiger partial charge in [-0.3, -0.25) is 4.79 Å². The minimum atomic E-state index is -0.680. The highest BCUT2D eigenvalue weighted by atomic mass is 16.5. The summed E-state index contributed by atoms with van der Waals surface area (Å²) < 4.78 is 5.48. The molecule has 0 amide bonds. The van der Waals surface area contributed by atoms with Crippen molar-refractivity contribution >= 4 is 5.78 Å². The Bertz CT molecular complexity index is 704. The van der Waals surface area contributed by atoms with Gasteiger partial charge in [-0.15, -0.1) is 0 Å². The van der Waals surface area contributed by atoms with Crippen LogP contribution in [0.1, 0.15) is 31.7 Å². The number of aliphatic hydroxyl groups is 1. The zero-order valence-corrected chi connectivity index (χ0v) is 14.8. The van der Waals surface area contributed by atoms with Crippen LogP contribution in [0.25, 0.3) is 0 Å². The lowest BCUT2D eigenvalue weighted by molar-refractivity contribution is -0.114. The van der Waals surface area contributed by atoms with E-state index in [0.29, 0.717) is 13.0 Å². The van der Waals surface area contributed by atoms with Crippen LogP contribution >= 0.6 is 0 Å². The molecular weight excluding hydrogens is 312 g/mol. The fraction of sp³-hybridized carbons (Fsp3) is 0.318. The van der Waals surface area contributed by atoms with E-state index in [9.17, 15) is 9.90 Å². The zero-order valence-electron chi connectivity index (χ0n) is 14.8. The Morgan fingerprint density at radius 2 is 1.92 bits per heavy atom. The van der Waals surface area contributed by atoms with Crippen LogP contribution in [0.15, 0.2) is 48.6 Å². The molecule has 1 aromatic rings. The molecule has 0 radical (unpaired) electrons. The summed E-state index contributed by atoms with van der Waals surface area (Å²) in [6.07, 6.45) is 7.93. The van der Waals surface area contributed by atoms with E-state index in [-0.39, 0.29) is 12.2 Å². The van der Waals surface area contributed by atoms with E-state index in [4.69, 9.17) is 4.74 Å². The lowest BCUT2D eigenvalue weighted by Gasteiger charge is -2.04. The predicted octanol–water partition coefficient (Wildman–Crippen LogP) is 3.61. The maximum atomic E-state index is 11.6. The molecule has 0 aliphatic carbocycles. The Morgan fingerprint density at radius 1 is 1.20 bits per heavy atom. The number of aryl methyl sites for hydroxylation is 1. The smallest absolute Gasteiger partial charge is 0.209 e. The van der Waals surface area contributed by atoms with Gasteiger partial charge >= 0.3 is 0 Å². The van der Waals surface area contributed by atoms with Gasteiger partial charge in [-0.05, 0) is 43.5 Å². The SMILES string of the molecule is CC/C=C\C[C@H](O)C#C/C=C\C#CC(=O)CCOc1ccc(C)cc1. The topological polar surface area (TPSA) is 46.5 Å². The Balaban J connectivity index is 2.27. The number of hydrogen-bond donors (Lipinski definition) is 1. The molecule has 0 bridgehead atoms. The largest absolute Gasteiger partial charge is 0.493 e. The summed E-state index contributed by atoms with van der Waals surface area (Å²) in [5, 5.41) is 9.56. The summed E-state index contributed by atoms with van der Waals surface area (Å²) in [5.74, 6) is 11.1. The molecule has 0 heterocycles. The standard InChI is InChI=1S/C22H24O3/c1-3-4-7-10-20(23)11-8-5-6-9-12-21(24)17-18-25-22-15-13-19(2)14-16-22/h4-7,13-16,20,23H,3,10,17-18H2,1-2H3/b6-5-,7-4-/t20-/m0/s1. The van der Waals surface area contributed by atoms with Crippen molar-refractivity contribution in [2.75, 3.05) is 6.61 Å². The van der Waals surface area contributed by atoms with Crippen LogP contribution in [0.2, 0.25) is 0 Å². The van der Waals surface area contributed by atoms with E-state index in [1.165, 1.54) is 12.2 Å². The van der Waals surface area contributed by atoms with Gasteiger partial charge in [0.05, 0.1) is 13.0 Å². The van der Waals surface area contributed by atoms with Crippen LogP contribution in [-0.2, 0) is 4.79 Å². The molecule has 0 aliphatic heterocycles. The lowest BCUT2D eigenvalue weighted by atomic mass is 10.2. The molecule has 130 valence electrons. The second kappa shape index (κ2) is 12.6. The monoisotopic (exact) mass is 336 g/mol. The lowest BCUT2D eigenvalue weighted by Crippen LogP contribution is -2.04. The first-order valence-electron chi connectivity index (χ1n) is 8.34. The molecule has 0 saturated heterocycles. The van der Waals surface area contributed by atoms with Crippen molar-refractivity contribution in [3.05, 3.63) is 54.1 Å². The summed E-state index contributed by atoms with van der Waals surface area (Å²) in [7, 11) is 0. The maximum Gasteiger partial charge on any atom is 0.209 e. The van der Waals surface area contributed by atoms with Crippen molar-refractivity contribution in [2.45, 2.75) is 39.2 Å². The highest BCUT2D eigenvalue weighted by Crippen LogP contribution is 2.11. The number of ether oxygens (including phenoxy) is 1. The van der Waals surface area contributed by atoms with Crippen molar-refractivity contribution in [1.82, 2.24) is 0 Å². The molecule has 3 heteroatoms. The summed E-state index contributed by atoms with van der Waals surface area (Å²) in [6, 6.07) is 7.67. The molecule has 0 unspecified atom stereocenters. The van der Waals surface area contributed by atoms with Crippen molar-refractivity contribution < 1.29 is 14.6 Å². The zero-order chi connectivity index (χ0) is 18.3. The van der Waals surface area contributed by atoms with E-state index in [0.717, 1.165) is 17.7 Å². The van der Waals surface area contributed by atoms with Gasteiger partial charge < -0.3 is 9.84 Å². The average Bonchev–Trinajstić information content (AvgIpc) is 2.60. The number of ketones is 1. The summed E-state index contributed by atoms with van der Waals surface area (Å²) in [6.45, 7) is 4.34. The summed E-state index contributed by atoms with van der Waals surface area (Å²) in [5.41, 5.74) is 1.16. The second-order valence-electron chi connectivity index (χ2n) is 5.36. The molecule has 0 spiro atoms. The number of aliphatic hydroxyl groups excluding tert-OH is 1. The van der Waals surface area contributed by atoms with Crippen LogP contribution in [0, 0.1) is 30.6 Å². The third-order valence-electron chi connectivity index (χ3n) is 3.09. The van der Waals surface area contributed by atoms with Crippen LogP contribution in [0.4, 0.5) is 0 Å². The van der Waals surface area contributed by atoms with Gasteiger partial charge in [0.15, 0.2) is 0 Å². The molecule has 3 nitrogen and oxygen atoms in total. The van der Waals surface area contributed by atoms with E-state index >= 15 is 0 Å². The van der Waals surface area contributed by atoms with Gasteiger partial charge in [-0.2, -0.15) is 0 Å². The fourth-order valence-electron chi connectivity index (χ4n) is 1.76. The highest BCUT2D eigenvalue weighted by Gasteiger charge is 1.98. The van der Waals surface area contributed by atoms with Crippen molar-refractivity contribution in [3.63, 3.8) is 0 Å². The number of carbonyl (C=O) groups is 1. The third kappa shape index (κ3) is 10.6. The maximum absolute atomic E-state index is 11.6. The number of allylic oxidation sites excluding steroid dienone is 3. The molecule has 0 fully saturated rings. The quantitative estimate of drug-likeness (QED) is 0.470. The minimum absolute atomic E-state index is 0.186. The number of rotatable bonds is 7. The Morgan fingerprint density at radius 3 is 2.64 bits per heavy atom. The van der Waals surface area contributed by atoms with Crippen LogP contribution in [-0.4, -0.2) is 23.6 Å². The van der Waals surface area contributed by atoms with Crippen molar-refractivity contribution in [2.24, 2.45) is 0 Å². The number of benzene rings is 1. The number of carbonyl (C=O) groups excluding carboxylic acids is 1. The van der Waals surface area contributed by atoms with Gasteiger partial charge in [-0.25, -0.2) is 0 Å². The van der Waals surface area contributed by atoms with E-state index in [1.807, 2.05) is 50.3 Å². The number of hydrogen-bond acceptors (Lipinski definition) is 3. The molecule has 0 saturated carbocycles. The Labute approximate surface area is 150 Å². The van der Waals surface area contributed by atoms with Crippen LogP contribution < -0.4 is 4.74 Å². The third-order valence-corrected chi connectivity index (χ3v) is 3.09. The predicted molar refractivity (Wildman–Crippen MR) is 101 cm³/mol. The van der Waals surface area contributed by atoms with Crippen LogP contribution in [0.3, 0.4) is 0 Å². The van der Waals surface area contributed by atoms with Gasteiger partial charge in [0.1, 0.15) is 11.9 Å². The van der Waals surface area contributed by atoms with Gasteiger partial charge in [0, 0.05) is 6.42 Å². The molecule has 0 aromatic heterocycles. The molecule has 1 atom stereocenters. The molecular formula is C22H24O3. The van der Waals surface area contributed by atoms with E-state index in [1.54, 1.807) is 0 Å². The minimum Gasteiger partial charge on any atom is -0.493 e. The van der Waals surface area contributed by atoms with Gasteiger partial charge in [0.25, 0.3) is 0 Å². The highest BCUT2D eigenvalue weighted by molar-refractivity contribution is 5.95. The van der Waals surface area contributed by atoms with Crippen LogP contribution in [0.5, 0.6) is 5.75 Å². The normalized spacial score (nSPS) is 11.5. The van der Waals surface area contributed by atoms with E-state index < -0.39 is 6.10 Å². The Kier molecular flexibility index (Phi) is 10.3. The molecule has 1 N–H and O–H groups in total. The summed E-state index contributed by atoms with van der Waals surface area (Å²) in [4.78, 5) is 11.6. The fourth-order valence-corrected chi connectivity index (χ4v) is 1.76. The van der Waals surface area contributed by atoms with Gasteiger partial charge in [0.2, 0.25) is 5.78 Å². The van der Waals surface area contributed by atoms with Crippen molar-refractivity contribution in [1.29, 1.82) is 0 Å². The van der Waals surface area contributed by atoms with Gasteiger partial charge in [-0.1, -0.05) is 54.5 Å². The molecule has 1 aromatic carbocycles. The Hall–Kier alpha value is -2.75. The molecule has 0 aliphatic rings. The van der Waals surface area contributed by atoms with Crippen molar-refractivity contribution in [3.8, 4) is 29.4 Å². The van der Waals surface area contributed by atoms with E-state index in [2.05, 4.69) is 23.7 Å². The summed E-state index contributed by atoms with van der Waals surface area (Å²) >= 11 is 0. The first-order valence-corrected chi connectivity index (χ1v) is 8.34. The molecule has 1 rings (SSSR count).